The van der Waals surface area contributed by atoms with E-state index in [1.807, 2.05) is 6.07 Å². The molecule has 10 nitrogen and oxygen atoms in total. The predicted octanol–water partition coefficient (Wildman–Crippen LogP) is 3.18. The zero-order valence-corrected chi connectivity index (χ0v) is 16.6. The summed E-state index contributed by atoms with van der Waals surface area (Å²) in [5.41, 5.74) is 1.21. The number of nitrogens with zero attached hydrogens (tertiary/aromatic N) is 5. The first kappa shape index (κ1) is 19.8. The van der Waals surface area contributed by atoms with Crippen LogP contribution in [0.25, 0.3) is 5.82 Å². The minimum absolute atomic E-state index is 0.240. The Kier molecular flexibility index (Phi) is 5.98. The molecule has 0 radical (unpaired) electrons. The molecule has 3 heterocycles. The van der Waals surface area contributed by atoms with Crippen molar-refractivity contribution in [3.63, 3.8) is 0 Å². The first-order valence-corrected chi connectivity index (χ1v) is 9.33. The monoisotopic (exact) mass is 417 g/mol. The molecule has 1 aromatic carbocycles. The number of rotatable bonds is 7. The van der Waals surface area contributed by atoms with E-state index in [4.69, 9.17) is 9.47 Å². The molecule has 0 aliphatic carbocycles. The average molecular weight is 417 g/mol. The summed E-state index contributed by atoms with van der Waals surface area (Å²) in [7, 11) is 1.59. The van der Waals surface area contributed by atoms with E-state index in [1.54, 1.807) is 68.3 Å². The van der Waals surface area contributed by atoms with E-state index in [-0.39, 0.29) is 12.4 Å². The number of ether oxygens (including phenoxy) is 2. The van der Waals surface area contributed by atoms with Crippen LogP contribution in [0.2, 0.25) is 0 Å². The largest absolute Gasteiger partial charge is 0.497 e. The van der Waals surface area contributed by atoms with Gasteiger partial charge in [0.1, 0.15) is 29.8 Å². The summed E-state index contributed by atoms with van der Waals surface area (Å²) in [4.78, 5) is 24.9. The Hall–Kier alpha value is -4.47. The normalized spacial score (nSPS) is 10.4. The number of methoxy groups -OCH3 is 1. The van der Waals surface area contributed by atoms with Crippen molar-refractivity contribution in [2.24, 2.45) is 0 Å². The van der Waals surface area contributed by atoms with E-state index in [9.17, 15) is 4.79 Å². The Morgan fingerprint density at radius 2 is 1.81 bits per heavy atom. The zero-order chi connectivity index (χ0) is 21.5. The molecule has 0 bridgehead atoms. The van der Waals surface area contributed by atoms with Crippen LogP contribution in [-0.4, -0.2) is 37.9 Å². The second-order valence-electron chi connectivity index (χ2n) is 6.27. The highest BCUT2D eigenvalue weighted by molar-refractivity contribution is 5.90. The molecule has 0 unspecified atom stereocenters. The molecule has 2 N–H and O–H groups in total. The number of nitrogens with one attached hydrogen (secondary N) is 2. The van der Waals surface area contributed by atoms with E-state index in [0.717, 1.165) is 5.56 Å². The summed E-state index contributed by atoms with van der Waals surface area (Å²) < 4.78 is 12.5. The number of aromatic nitrogens is 5. The SMILES string of the molecule is COc1ccc(Oc2ncccc2NC(=O)NCc2cccnc2-n2cncn2)cc1. The lowest BCUT2D eigenvalue weighted by molar-refractivity contribution is 0.251. The van der Waals surface area contributed by atoms with Gasteiger partial charge < -0.3 is 20.1 Å². The lowest BCUT2D eigenvalue weighted by atomic mass is 10.2. The predicted molar refractivity (Wildman–Crippen MR) is 112 cm³/mol. The van der Waals surface area contributed by atoms with Gasteiger partial charge in [-0.3, -0.25) is 0 Å². The summed E-state index contributed by atoms with van der Waals surface area (Å²) in [6, 6.07) is 13.7. The number of carbonyl (C=O) groups is 1. The fourth-order valence-electron chi connectivity index (χ4n) is 2.76. The molecule has 4 aromatic rings. The topological polar surface area (TPSA) is 116 Å². The van der Waals surface area contributed by atoms with Gasteiger partial charge in [-0.15, -0.1) is 0 Å². The van der Waals surface area contributed by atoms with Crippen molar-refractivity contribution in [1.29, 1.82) is 0 Å². The molecule has 0 aliphatic heterocycles. The van der Waals surface area contributed by atoms with E-state index >= 15 is 0 Å². The molecular formula is C21H19N7O3. The molecule has 4 rings (SSSR count). The van der Waals surface area contributed by atoms with Gasteiger partial charge in [0.25, 0.3) is 0 Å². The van der Waals surface area contributed by atoms with Crippen LogP contribution < -0.4 is 20.1 Å². The molecule has 0 saturated heterocycles. The number of anilines is 1. The number of hydrogen-bond donors (Lipinski definition) is 2. The highest BCUT2D eigenvalue weighted by Gasteiger charge is 2.12. The molecule has 0 aliphatic rings. The van der Waals surface area contributed by atoms with Crippen molar-refractivity contribution in [3.8, 4) is 23.2 Å². The van der Waals surface area contributed by atoms with Gasteiger partial charge >= 0.3 is 6.03 Å². The standard InChI is InChI=1S/C21H19N7O3/c1-30-16-6-8-17(9-7-16)31-20-18(5-3-11-24-20)27-21(29)25-12-15-4-2-10-23-19(15)28-14-22-13-26-28/h2-11,13-14H,12H2,1H3,(H2,25,27,29). The molecule has 31 heavy (non-hydrogen) atoms. The Morgan fingerprint density at radius 1 is 1.03 bits per heavy atom. The average Bonchev–Trinajstić information content (AvgIpc) is 3.34. The summed E-state index contributed by atoms with van der Waals surface area (Å²) in [5.74, 6) is 2.14. The van der Waals surface area contributed by atoms with E-state index in [1.165, 1.54) is 11.0 Å². The molecule has 156 valence electrons. The molecule has 0 fully saturated rings. The summed E-state index contributed by atoms with van der Waals surface area (Å²) >= 11 is 0. The Labute approximate surface area is 177 Å². The number of amides is 2. The van der Waals surface area contributed by atoms with Crippen molar-refractivity contribution in [2.75, 3.05) is 12.4 Å². The van der Waals surface area contributed by atoms with Gasteiger partial charge in [0.15, 0.2) is 5.82 Å². The number of pyridine rings is 2. The first-order valence-electron chi connectivity index (χ1n) is 9.33. The third kappa shape index (κ3) is 4.93. The van der Waals surface area contributed by atoms with Crippen LogP contribution in [0.4, 0.5) is 10.5 Å². The number of carbonyl (C=O) groups excluding carboxylic acids is 1. The third-order valence-corrected chi connectivity index (χ3v) is 4.24. The highest BCUT2D eigenvalue weighted by Crippen LogP contribution is 2.28. The molecule has 10 heteroatoms. The number of urea groups is 1. The maximum Gasteiger partial charge on any atom is 0.319 e. The van der Waals surface area contributed by atoms with Crippen molar-refractivity contribution in [3.05, 3.63) is 79.1 Å². The van der Waals surface area contributed by atoms with Crippen LogP contribution in [0.1, 0.15) is 5.56 Å². The van der Waals surface area contributed by atoms with Crippen molar-refractivity contribution in [1.82, 2.24) is 30.0 Å². The fraction of sp³-hybridized carbons (Fsp3) is 0.0952. The molecular weight excluding hydrogens is 398 g/mol. The molecule has 0 atom stereocenters. The highest BCUT2D eigenvalue weighted by atomic mass is 16.5. The molecule has 2 amide bonds. The second-order valence-corrected chi connectivity index (χ2v) is 6.27. The van der Waals surface area contributed by atoms with Gasteiger partial charge in [-0.1, -0.05) is 6.07 Å². The second kappa shape index (κ2) is 9.35. The van der Waals surface area contributed by atoms with Gasteiger partial charge in [0.2, 0.25) is 5.88 Å². The van der Waals surface area contributed by atoms with Crippen LogP contribution in [0.15, 0.2) is 73.6 Å². The van der Waals surface area contributed by atoms with Gasteiger partial charge in [0.05, 0.1) is 7.11 Å². The van der Waals surface area contributed by atoms with Crippen LogP contribution in [0.5, 0.6) is 17.4 Å². The first-order chi connectivity index (χ1) is 15.2. The maximum absolute atomic E-state index is 12.5. The minimum atomic E-state index is -0.416. The minimum Gasteiger partial charge on any atom is -0.497 e. The van der Waals surface area contributed by atoms with E-state index < -0.39 is 6.03 Å². The number of benzene rings is 1. The summed E-state index contributed by atoms with van der Waals surface area (Å²) in [6.07, 6.45) is 6.21. The Bertz CT molecular complexity index is 1150. The van der Waals surface area contributed by atoms with Crippen LogP contribution >= 0.6 is 0 Å². The molecule has 3 aromatic heterocycles. The van der Waals surface area contributed by atoms with Gasteiger partial charge in [-0.25, -0.2) is 24.4 Å². The Morgan fingerprint density at radius 3 is 2.58 bits per heavy atom. The molecule has 0 spiro atoms. The van der Waals surface area contributed by atoms with Crippen molar-refractivity contribution in [2.45, 2.75) is 6.54 Å². The van der Waals surface area contributed by atoms with E-state index in [2.05, 4.69) is 30.7 Å². The zero-order valence-electron chi connectivity index (χ0n) is 16.6. The third-order valence-electron chi connectivity index (χ3n) is 4.24. The quantitative estimate of drug-likeness (QED) is 0.474. The lowest BCUT2D eigenvalue weighted by Gasteiger charge is -2.13. The van der Waals surface area contributed by atoms with Crippen LogP contribution in [0.3, 0.4) is 0 Å². The van der Waals surface area contributed by atoms with Crippen LogP contribution in [0, 0.1) is 0 Å². The van der Waals surface area contributed by atoms with Gasteiger partial charge in [0, 0.05) is 24.5 Å². The summed E-state index contributed by atoms with van der Waals surface area (Å²) in [6.45, 7) is 0.240. The van der Waals surface area contributed by atoms with Gasteiger partial charge in [-0.05, 0) is 42.5 Å². The van der Waals surface area contributed by atoms with Crippen molar-refractivity contribution < 1.29 is 14.3 Å². The lowest BCUT2D eigenvalue weighted by Crippen LogP contribution is -2.29. The Balaban J connectivity index is 1.42. The van der Waals surface area contributed by atoms with Gasteiger partial charge in [-0.2, -0.15) is 5.10 Å². The summed E-state index contributed by atoms with van der Waals surface area (Å²) in [5, 5.41) is 9.65. The van der Waals surface area contributed by atoms with E-state index in [0.29, 0.717) is 23.0 Å². The maximum atomic E-state index is 12.5. The molecule has 0 saturated carbocycles. The van der Waals surface area contributed by atoms with Crippen molar-refractivity contribution >= 4 is 11.7 Å². The smallest absolute Gasteiger partial charge is 0.319 e. The number of hydrogen-bond acceptors (Lipinski definition) is 7. The fourth-order valence-corrected chi connectivity index (χ4v) is 2.76. The van der Waals surface area contributed by atoms with Crippen LogP contribution in [-0.2, 0) is 6.54 Å².